The number of hydrogen-bond acceptors (Lipinski definition) is 4. The minimum Gasteiger partial charge on any atom is -0.382 e. The lowest BCUT2D eigenvalue weighted by Crippen LogP contribution is -2.25. The summed E-state index contributed by atoms with van der Waals surface area (Å²) >= 11 is 0. The summed E-state index contributed by atoms with van der Waals surface area (Å²) in [4.78, 5) is 0. The Morgan fingerprint density at radius 1 is 1.47 bits per heavy atom. The molecule has 1 aromatic rings. The van der Waals surface area contributed by atoms with Gasteiger partial charge < -0.3 is 5.73 Å². The Balaban J connectivity index is 2.14. The largest absolute Gasteiger partial charge is 0.382 e. The lowest BCUT2D eigenvalue weighted by atomic mass is 10.2. The second-order valence-corrected chi connectivity index (χ2v) is 6.36. The molecular formula is C9H15N3O2S. The van der Waals surface area contributed by atoms with Crippen molar-refractivity contribution in [1.29, 1.82) is 0 Å². The number of rotatable bonds is 1. The first-order valence-corrected chi connectivity index (χ1v) is 6.82. The van der Waals surface area contributed by atoms with Crippen molar-refractivity contribution in [3.63, 3.8) is 0 Å². The second-order valence-electron chi connectivity index (χ2n) is 4.06. The summed E-state index contributed by atoms with van der Waals surface area (Å²) in [6.45, 7) is 1.90. The van der Waals surface area contributed by atoms with Gasteiger partial charge in [0.15, 0.2) is 0 Å². The minimum absolute atomic E-state index is 0.185. The molecule has 1 aromatic heterocycles. The van der Waals surface area contributed by atoms with E-state index in [4.69, 9.17) is 5.73 Å². The van der Waals surface area contributed by atoms with E-state index in [1.54, 1.807) is 4.68 Å². The number of nitrogens with two attached hydrogens (primary N) is 1. The zero-order chi connectivity index (χ0) is 11.1. The van der Waals surface area contributed by atoms with Gasteiger partial charge in [-0.25, -0.2) is 8.42 Å². The van der Waals surface area contributed by atoms with E-state index < -0.39 is 9.84 Å². The van der Waals surface area contributed by atoms with Crippen molar-refractivity contribution in [2.75, 3.05) is 17.2 Å². The van der Waals surface area contributed by atoms with E-state index in [-0.39, 0.29) is 17.5 Å². The monoisotopic (exact) mass is 229 g/mol. The minimum atomic E-state index is -2.80. The molecule has 0 bridgehead atoms. The van der Waals surface area contributed by atoms with E-state index in [0.717, 1.165) is 5.56 Å². The summed E-state index contributed by atoms with van der Waals surface area (Å²) in [6.07, 6.45) is 3.17. The molecule has 1 aliphatic rings. The van der Waals surface area contributed by atoms with Crippen LogP contribution in [0.1, 0.15) is 24.4 Å². The normalized spacial score (nSPS) is 21.7. The molecule has 15 heavy (non-hydrogen) atoms. The molecule has 0 atom stereocenters. The van der Waals surface area contributed by atoms with E-state index in [2.05, 4.69) is 5.10 Å². The van der Waals surface area contributed by atoms with Crippen LogP contribution >= 0.6 is 0 Å². The third-order valence-corrected chi connectivity index (χ3v) is 4.57. The summed E-state index contributed by atoms with van der Waals surface area (Å²) in [5.41, 5.74) is 6.60. The van der Waals surface area contributed by atoms with Crippen LogP contribution in [0.2, 0.25) is 0 Å². The van der Waals surface area contributed by atoms with E-state index in [1.165, 1.54) is 0 Å². The number of nitrogens with zero attached hydrogens (tertiary/aromatic N) is 2. The molecule has 0 spiro atoms. The lowest BCUT2D eigenvalue weighted by Gasteiger charge is -2.22. The van der Waals surface area contributed by atoms with Crippen LogP contribution < -0.4 is 5.73 Å². The molecule has 84 valence electrons. The van der Waals surface area contributed by atoms with Gasteiger partial charge in [-0.05, 0) is 19.8 Å². The summed E-state index contributed by atoms with van der Waals surface area (Å²) < 4.78 is 24.3. The molecule has 0 amide bonds. The fraction of sp³-hybridized carbons (Fsp3) is 0.667. The topological polar surface area (TPSA) is 78.0 Å². The molecule has 0 saturated carbocycles. The number of sulfone groups is 1. The molecule has 1 fully saturated rings. The van der Waals surface area contributed by atoms with Gasteiger partial charge in [-0.3, -0.25) is 4.68 Å². The molecule has 0 aromatic carbocycles. The van der Waals surface area contributed by atoms with Gasteiger partial charge in [0.25, 0.3) is 0 Å². The summed E-state index contributed by atoms with van der Waals surface area (Å²) in [5.74, 6) is 1.05. The van der Waals surface area contributed by atoms with Gasteiger partial charge >= 0.3 is 0 Å². The van der Waals surface area contributed by atoms with Crippen LogP contribution in [0.25, 0.3) is 0 Å². The number of hydrogen-bond donors (Lipinski definition) is 1. The van der Waals surface area contributed by atoms with E-state index >= 15 is 0 Å². The standard InChI is InChI=1S/C9H15N3O2S/c1-7-6-12(11-9(7)10)8-2-4-15(13,14)5-3-8/h6,8H,2-5H2,1H3,(H2,10,11). The first-order valence-electron chi connectivity index (χ1n) is 4.99. The maximum Gasteiger partial charge on any atom is 0.150 e. The average Bonchev–Trinajstić information content (AvgIpc) is 2.47. The average molecular weight is 229 g/mol. The Morgan fingerprint density at radius 3 is 2.53 bits per heavy atom. The predicted octanol–water partition coefficient (Wildman–Crippen LogP) is 0.523. The van der Waals surface area contributed by atoms with Crippen molar-refractivity contribution in [1.82, 2.24) is 9.78 Å². The molecule has 5 nitrogen and oxygen atoms in total. The Bertz CT molecular complexity index is 430. The van der Waals surface area contributed by atoms with Crippen molar-refractivity contribution < 1.29 is 8.42 Å². The van der Waals surface area contributed by atoms with E-state index in [0.29, 0.717) is 18.7 Å². The maximum absolute atomic E-state index is 11.2. The van der Waals surface area contributed by atoms with Crippen molar-refractivity contribution in [2.45, 2.75) is 25.8 Å². The van der Waals surface area contributed by atoms with Crippen molar-refractivity contribution in [3.05, 3.63) is 11.8 Å². The molecule has 2 heterocycles. The number of anilines is 1. The van der Waals surface area contributed by atoms with Crippen LogP contribution in [0.4, 0.5) is 5.82 Å². The number of aromatic nitrogens is 2. The highest BCUT2D eigenvalue weighted by Crippen LogP contribution is 2.24. The Labute approximate surface area is 89.2 Å². The summed E-state index contributed by atoms with van der Waals surface area (Å²) in [7, 11) is -2.80. The molecule has 6 heteroatoms. The van der Waals surface area contributed by atoms with Crippen LogP contribution in [0.5, 0.6) is 0 Å². The fourth-order valence-corrected chi connectivity index (χ4v) is 3.29. The molecule has 0 aliphatic carbocycles. The van der Waals surface area contributed by atoms with Crippen LogP contribution in [0.3, 0.4) is 0 Å². The fourth-order valence-electron chi connectivity index (χ4n) is 1.83. The Morgan fingerprint density at radius 2 is 2.07 bits per heavy atom. The molecule has 0 radical (unpaired) electrons. The predicted molar refractivity (Wildman–Crippen MR) is 58.3 cm³/mol. The zero-order valence-corrected chi connectivity index (χ0v) is 9.50. The lowest BCUT2D eigenvalue weighted by molar-refractivity contribution is 0.414. The third kappa shape index (κ3) is 2.14. The van der Waals surface area contributed by atoms with Crippen LogP contribution in [-0.4, -0.2) is 29.7 Å². The molecule has 2 rings (SSSR count). The summed E-state index contributed by atoms with van der Waals surface area (Å²) in [6, 6.07) is 0.185. The summed E-state index contributed by atoms with van der Waals surface area (Å²) in [5, 5.41) is 4.18. The van der Waals surface area contributed by atoms with Crippen molar-refractivity contribution >= 4 is 15.7 Å². The molecule has 2 N–H and O–H groups in total. The Kier molecular flexibility index (Phi) is 2.46. The number of aryl methyl sites for hydroxylation is 1. The second kappa shape index (κ2) is 3.52. The van der Waals surface area contributed by atoms with Crippen molar-refractivity contribution in [2.24, 2.45) is 0 Å². The van der Waals surface area contributed by atoms with Crippen LogP contribution in [0, 0.1) is 6.92 Å². The van der Waals surface area contributed by atoms with E-state index in [1.807, 2.05) is 13.1 Å². The molecule has 1 aliphatic heterocycles. The third-order valence-electron chi connectivity index (χ3n) is 2.85. The molecular weight excluding hydrogens is 214 g/mol. The van der Waals surface area contributed by atoms with Gasteiger partial charge in [-0.1, -0.05) is 0 Å². The number of nitrogen functional groups attached to an aromatic ring is 1. The van der Waals surface area contributed by atoms with E-state index in [9.17, 15) is 8.42 Å². The van der Waals surface area contributed by atoms with Gasteiger partial charge in [0.2, 0.25) is 0 Å². The van der Waals surface area contributed by atoms with Crippen molar-refractivity contribution in [3.8, 4) is 0 Å². The highest BCUT2D eigenvalue weighted by molar-refractivity contribution is 7.91. The SMILES string of the molecule is Cc1cn(C2CCS(=O)(=O)CC2)nc1N. The Hall–Kier alpha value is -1.04. The smallest absolute Gasteiger partial charge is 0.150 e. The molecule has 0 unspecified atom stereocenters. The van der Waals surface area contributed by atoms with Gasteiger partial charge in [-0.2, -0.15) is 5.10 Å². The first-order chi connectivity index (χ1) is 6.98. The van der Waals surface area contributed by atoms with Gasteiger partial charge in [0.1, 0.15) is 15.7 Å². The van der Waals surface area contributed by atoms with Gasteiger partial charge in [-0.15, -0.1) is 0 Å². The first kappa shape index (κ1) is 10.5. The molecule has 1 saturated heterocycles. The van der Waals surface area contributed by atoms with Crippen LogP contribution in [0.15, 0.2) is 6.20 Å². The maximum atomic E-state index is 11.2. The van der Waals surface area contributed by atoms with Crippen LogP contribution in [-0.2, 0) is 9.84 Å². The quantitative estimate of drug-likeness (QED) is 0.761. The van der Waals surface area contributed by atoms with Gasteiger partial charge in [0, 0.05) is 11.8 Å². The highest BCUT2D eigenvalue weighted by Gasteiger charge is 2.25. The zero-order valence-electron chi connectivity index (χ0n) is 8.68. The van der Waals surface area contributed by atoms with Gasteiger partial charge in [0.05, 0.1) is 17.5 Å². The highest BCUT2D eigenvalue weighted by atomic mass is 32.2.